The molecule has 0 spiro atoms. The van der Waals surface area contributed by atoms with E-state index >= 15 is 0 Å². The fourth-order valence-electron chi connectivity index (χ4n) is 1.91. The lowest BCUT2D eigenvalue weighted by Crippen LogP contribution is -2.22. The average Bonchev–Trinajstić information content (AvgIpc) is 2.50. The number of thioether (sulfide) groups is 1. The van der Waals surface area contributed by atoms with Gasteiger partial charge in [-0.05, 0) is 57.2 Å². The summed E-state index contributed by atoms with van der Waals surface area (Å²) in [7, 11) is 0. The van der Waals surface area contributed by atoms with Crippen LogP contribution in [0.25, 0.3) is 0 Å². The van der Waals surface area contributed by atoms with Crippen LogP contribution in [0.5, 0.6) is 0 Å². The summed E-state index contributed by atoms with van der Waals surface area (Å²) in [5, 5.41) is 2.67. The molecule has 2 aromatic carbocycles. The fraction of sp³-hybridized carbons (Fsp3) is 0.222. The topological polar surface area (TPSA) is 46.2 Å². The highest BCUT2D eigenvalue weighted by atomic mass is 32.2. The van der Waals surface area contributed by atoms with Gasteiger partial charge in [0.15, 0.2) is 5.78 Å². The largest absolute Gasteiger partial charge is 0.325 e. The van der Waals surface area contributed by atoms with Gasteiger partial charge in [0, 0.05) is 16.1 Å². The molecule has 0 aliphatic carbocycles. The molecule has 2 rings (SSSR count). The third-order valence-electron chi connectivity index (χ3n) is 3.26. The van der Waals surface area contributed by atoms with Gasteiger partial charge < -0.3 is 5.32 Å². The number of amides is 1. The van der Waals surface area contributed by atoms with E-state index in [4.69, 9.17) is 0 Å². The Hall–Kier alpha value is -2.07. The number of hydrogen-bond donors (Lipinski definition) is 1. The van der Waals surface area contributed by atoms with Crippen LogP contribution in [0.1, 0.15) is 29.8 Å². The zero-order chi connectivity index (χ0) is 16.1. The number of aryl methyl sites for hydroxylation is 1. The van der Waals surface area contributed by atoms with Gasteiger partial charge in [-0.3, -0.25) is 9.59 Å². The minimum Gasteiger partial charge on any atom is -0.325 e. The van der Waals surface area contributed by atoms with E-state index in [9.17, 15) is 9.59 Å². The second-order valence-electron chi connectivity index (χ2n) is 5.20. The third kappa shape index (κ3) is 4.46. The van der Waals surface area contributed by atoms with Crippen molar-refractivity contribution in [2.24, 2.45) is 0 Å². The highest BCUT2D eigenvalue weighted by Gasteiger charge is 2.14. The number of carbonyl (C=O) groups is 2. The molecule has 114 valence electrons. The summed E-state index contributed by atoms with van der Waals surface area (Å²) in [5.74, 6) is -0.0395. The van der Waals surface area contributed by atoms with Crippen LogP contribution in [-0.4, -0.2) is 16.9 Å². The van der Waals surface area contributed by atoms with Gasteiger partial charge >= 0.3 is 0 Å². The first kappa shape index (κ1) is 16.3. The van der Waals surface area contributed by atoms with E-state index in [0.29, 0.717) is 11.3 Å². The van der Waals surface area contributed by atoms with E-state index in [1.807, 2.05) is 38.1 Å². The maximum absolute atomic E-state index is 12.2. The number of carbonyl (C=O) groups excluding carboxylic acids is 2. The summed E-state index contributed by atoms with van der Waals surface area (Å²) in [5.41, 5.74) is 2.54. The number of anilines is 1. The van der Waals surface area contributed by atoms with Crippen molar-refractivity contribution in [2.45, 2.75) is 30.9 Å². The van der Waals surface area contributed by atoms with Crippen molar-refractivity contribution in [3.63, 3.8) is 0 Å². The van der Waals surface area contributed by atoms with Crippen LogP contribution in [0.2, 0.25) is 0 Å². The highest BCUT2D eigenvalue weighted by Crippen LogP contribution is 2.24. The maximum atomic E-state index is 12.2. The molecule has 0 saturated carbocycles. The first-order valence-corrected chi connectivity index (χ1v) is 7.99. The van der Waals surface area contributed by atoms with Gasteiger partial charge in [0.2, 0.25) is 5.91 Å². The molecule has 1 unspecified atom stereocenters. The lowest BCUT2D eigenvalue weighted by Gasteiger charge is -2.12. The first-order valence-electron chi connectivity index (χ1n) is 7.11. The number of nitrogens with one attached hydrogen (secondary N) is 1. The number of benzene rings is 2. The predicted molar refractivity (Wildman–Crippen MR) is 91.6 cm³/mol. The SMILES string of the molecule is CC(=O)c1ccc(NC(=O)C(C)Sc2ccc(C)cc2)cc1. The monoisotopic (exact) mass is 313 g/mol. The summed E-state index contributed by atoms with van der Waals surface area (Å²) < 4.78 is 0. The van der Waals surface area contributed by atoms with Crippen molar-refractivity contribution >= 4 is 29.1 Å². The summed E-state index contributed by atoms with van der Waals surface area (Å²) in [6.07, 6.45) is 0. The van der Waals surface area contributed by atoms with Crippen LogP contribution >= 0.6 is 11.8 Å². The molecule has 2 aromatic rings. The summed E-state index contributed by atoms with van der Waals surface area (Å²) in [4.78, 5) is 24.5. The molecule has 1 atom stereocenters. The molecule has 3 nitrogen and oxygen atoms in total. The second-order valence-corrected chi connectivity index (χ2v) is 6.61. The summed E-state index contributed by atoms with van der Waals surface area (Å²) >= 11 is 1.52. The van der Waals surface area contributed by atoms with E-state index in [2.05, 4.69) is 5.32 Å². The first-order chi connectivity index (χ1) is 10.5. The Bertz CT molecular complexity index is 662. The van der Waals surface area contributed by atoms with Crippen molar-refractivity contribution in [1.82, 2.24) is 0 Å². The normalized spacial score (nSPS) is 11.8. The molecule has 4 heteroatoms. The summed E-state index contributed by atoms with van der Waals surface area (Å²) in [6.45, 7) is 5.44. The molecule has 1 amide bonds. The van der Waals surface area contributed by atoms with Gasteiger partial charge in [-0.25, -0.2) is 0 Å². The minimum absolute atomic E-state index is 0.0150. The lowest BCUT2D eigenvalue weighted by molar-refractivity contribution is -0.115. The Morgan fingerprint density at radius 3 is 2.14 bits per heavy atom. The van der Waals surface area contributed by atoms with Crippen LogP contribution in [0.4, 0.5) is 5.69 Å². The van der Waals surface area contributed by atoms with E-state index in [1.165, 1.54) is 24.2 Å². The fourth-order valence-corrected chi connectivity index (χ4v) is 2.77. The van der Waals surface area contributed by atoms with Gasteiger partial charge in [-0.15, -0.1) is 11.8 Å². The van der Waals surface area contributed by atoms with Gasteiger partial charge in [-0.1, -0.05) is 17.7 Å². The number of Topliss-reactive ketones (excluding diaryl/α,β-unsaturated/α-hetero) is 1. The predicted octanol–water partition coefficient (Wildman–Crippen LogP) is 4.32. The quantitative estimate of drug-likeness (QED) is 0.660. The molecule has 0 radical (unpaired) electrons. The second kappa shape index (κ2) is 7.27. The zero-order valence-electron chi connectivity index (χ0n) is 12.9. The minimum atomic E-state index is -0.199. The van der Waals surface area contributed by atoms with E-state index in [1.54, 1.807) is 24.3 Å². The average molecular weight is 313 g/mol. The standard InChI is InChI=1S/C18H19NO2S/c1-12-4-10-17(11-5-12)22-14(3)18(21)19-16-8-6-15(7-9-16)13(2)20/h4-11,14H,1-3H3,(H,19,21). The molecule has 0 heterocycles. The molecule has 0 aromatic heterocycles. The van der Waals surface area contributed by atoms with Crippen LogP contribution in [-0.2, 0) is 4.79 Å². The smallest absolute Gasteiger partial charge is 0.237 e. The third-order valence-corrected chi connectivity index (χ3v) is 4.37. The Labute approximate surface area is 135 Å². The molecule has 0 aliphatic rings. The van der Waals surface area contributed by atoms with Crippen molar-refractivity contribution < 1.29 is 9.59 Å². The Kier molecular flexibility index (Phi) is 5.39. The van der Waals surface area contributed by atoms with Gasteiger partial charge in [0.05, 0.1) is 5.25 Å². The Morgan fingerprint density at radius 1 is 1.00 bits per heavy atom. The Balaban J connectivity index is 1.95. The van der Waals surface area contributed by atoms with Crippen LogP contribution in [0, 0.1) is 6.92 Å². The molecule has 0 saturated heterocycles. The molecule has 0 bridgehead atoms. The summed E-state index contributed by atoms with van der Waals surface area (Å²) in [6, 6.07) is 15.0. The van der Waals surface area contributed by atoms with Crippen molar-refractivity contribution in [3.8, 4) is 0 Å². The van der Waals surface area contributed by atoms with Crippen LogP contribution in [0.3, 0.4) is 0 Å². The molecular weight excluding hydrogens is 294 g/mol. The van der Waals surface area contributed by atoms with Crippen LogP contribution in [0.15, 0.2) is 53.4 Å². The molecule has 0 aliphatic heterocycles. The molecule has 22 heavy (non-hydrogen) atoms. The zero-order valence-corrected chi connectivity index (χ0v) is 13.7. The van der Waals surface area contributed by atoms with Crippen molar-refractivity contribution in [3.05, 3.63) is 59.7 Å². The van der Waals surface area contributed by atoms with Crippen molar-refractivity contribution in [2.75, 3.05) is 5.32 Å². The van der Waals surface area contributed by atoms with Gasteiger partial charge in [-0.2, -0.15) is 0 Å². The lowest BCUT2D eigenvalue weighted by atomic mass is 10.1. The van der Waals surface area contributed by atoms with Crippen LogP contribution < -0.4 is 5.32 Å². The van der Waals surface area contributed by atoms with Gasteiger partial charge in [0.25, 0.3) is 0 Å². The molecule has 0 fully saturated rings. The van der Waals surface area contributed by atoms with E-state index < -0.39 is 0 Å². The maximum Gasteiger partial charge on any atom is 0.237 e. The number of hydrogen-bond acceptors (Lipinski definition) is 3. The van der Waals surface area contributed by atoms with Gasteiger partial charge in [0.1, 0.15) is 0 Å². The number of ketones is 1. The number of rotatable bonds is 5. The van der Waals surface area contributed by atoms with E-state index in [-0.39, 0.29) is 16.9 Å². The molecule has 1 N–H and O–H groups in total. The Morgan fingerprint density at radius 2 is 1.59 bits per heavy atom. The highest BCUT2D eigenvalue weighted by molar-refractivity contribution is 8.00. The van der Waals surface area contributed by atoms with Crippen molar-refractivity contribution in [1.29, 1.82) is 0 Å². The van der Waals surface area contributed by atoms with E-state index in [0.717, 1.165) is 4.90 Å². The molecular formula is C18H19NO2S.